The molecule has 0 N–H and O–H groups in total. The van der Waals surface area contributed by atoms with Gasteiger partial charge in [-0.2, -0.15) is 0 Å². The molecule has 0 spiro atoms. The largest absolute Gasteiger partial charge is 0.0945 e. The number of hydrogen-bond donors (Lipinski definition) is 0. The number of rotatable bonds is 8. The third-order valence-electron chi connectivity index (χ3n) is 6.41. The van der Waals surface area contributed by atoms with E-state index < -0.39 is 0 Å². The van der Waals surface area contributed by atoms with Crippen LogP contribution in [0.5, 0.6) is 0 Å². The van der Waals surface area contributed by atoms with Crippen LogP contribution in [0.4, 0.5) is 0 Å². The standard InChI is InChI=1S/C29H38/c1-3-5-6-7-9-25-10-12-26(13-11-25)14-15-27-18-22-29(23-19-27)28-20-16-24(8-4-2)17-21-28/h10-13,16-17,20-21,27,29H,3-9,18-19,22-23H2,1-2H3/t27-,29-. The Morgan fingerprint density at radius 3 is 2.00 bits per heavy atom. The molecule has 0 nitrogen and oxygen atoms in total. The number of aryl methyl sites for hydroxylation is 2. The fourth-order valence-corrected chi connectivity index (χ4v) is 4.51. The van der Waals surface area contributed by atoms with E-state index in [2.05, 4.69) is 74.2 Å². The van der Waals surface area contributed by atoms with Gasteiger partial charge in [-0.25, -0.2) is 0 Å². The predicted molar refractivity (Wildman–Crippen MR) is 126 cm³/mol. The maximum Gasteiger partial charge on any atom is 0.0245 e. The van der Waals surface area contributed by atoms with Crippen LogP contribution in [-0.4, -0.2) is 0 Å². The lowest BCUT2D eigenvalue weighted by Crippen LogP contribution is -2.12. The van der Waals surface area contributed by atoms with Gasteiger partial charge in [-0.1, -0.05) is 87.8 Å². The Labute approximate surface area is 179 Å². The lowest BCUT2D eigenvalue weighted by Gasteiger charge is -2.26. The van der Waals surface area contributed by atoms with Crippen molar-refractivity contribution in [2.75, 3.05) is 0 Å². The van der Waals surface area contributed by atoms with Gasteiger partial charge < -0.3 is 0 Å². The summed E-state index contributed by atoms with van der Waals surface area (Å²) in [6.45, 7) is 4.52. The molecule has 0 amide bonds. The van der Waals surface area contributed by atoms with Gasteiger partial charge in [-0.3, -0.25) is 0 Å². The highest BCUT2D eigenvalue weighted by Gasteiger charge is 2.21. The van der Waals surface area contributed by atoms with Gasteiger partial charge in [0.2, 0.25) is 0 Å². The zero-order valence-electron chi connectivity index (χ0n) is 18.6. The van der Waals surface area contributed by atoms with E-state index in [1.807, 2.05) is 0 Å². The van der Waals surface area contributed by atoms with Crippen molar-refractivity contribution in [2.45, 2.75) is 90.4 Å². The van der Waals surface area contributed by atoms with Crippen molar-refractivity contribution in [3.63, 3.8) is 0 Å². The summed E-state index contributed by atoms with van der Waals surface area (Å²) in [4.78, 5) is 0. The molecule has 29 heavy (non-hydrogen) atoms. The molecular weight excluding hydrogens is 348 g/mol. The van der Waals surface area contributed by atoms with Crippen LogP contribution in [0.2, 0.25) is 0 Å². The zero-order valence-corrected chi connectivity index (χ0v) is 18.6. The maximum atomic E-state index is 3.57. The Morgan fingerprint density at radius 2 is 1.34 bits per heavy atom. The first-order chi connectivity index (χ1) is 14.3. The molecule has 2 aromatic carbocycles. The van der Waals surface area contributed by atoms with Crippen molar-refractivity contribution >= 4 is 0 Å². The van der Waals surface area contributed by atoms with Gasteiger partial charge in [-0.15, -0.1) is 0 Å². The summed E-state index contributed by atoms with van der Waals surface area (Å²) >= 11 is 0. The quantitative estimate of drug-likeness (QED) is 0.318. The summed E-state index contributed by atoms with van der Waals surface area (Å²) in [6, 6.07) is 18.4. The third kappa shape index (κ3) is 7.08. The first-order valence-corrected chi connectivity index (χ1v) is 12.0. The molecule has 0 unspecified atom stereocenters. The lowest BCUT2D eigenvalue weighted by atomic mass is 9.78. The Bertz CT molecular complexity index is 762. The second kappa shape index (κ2) is 11.9. The van der Waals surface area contributed by atoms with Gasteiger partial charge in [0.05, 0.1) is 0 Å². The van der Waals surface area contributed by atoms with E-state index in [1.54, 1.807) is 0 Å². The molecule has 0 saturated heterocycles. The highest BCUT2D eigenvalue weighted by Crippen LogP contribution is 2.35. The van der Waals surface area contributed by atoms with Crippen LogP contribution in [-0.2, 0) is 12.8 Å². The number of hydrogen-bond acceptors (Lipinski definition) is 0. The minimum absolute atomic E-state index is 0.569. The molecule has 3 rings (SSSR count). The van der Waals surface area contributed by atoms with Gasteiger partial charge in [0.25, 0.3) is 0 Å². The minimum Gasteiger partial charge on any atom is -0.0945 e. The van der Waals surface area contributed by atoms with E-state index in [1.165, 1.54) is 92.9 Å². The SMILES string of the molecule is CCCCCCc1ccc(C#C[C@H]2CC[C@H](c3ccc(CCC)cc3)CC2)cc1. The number of benzene rings is 2. The Balaban J connectivity index is 1.45. The minimum atomic E-state index is 0.569. The maximum absolute atomic E-state index is 3.57. The summed E-state index contributed by atoms with van der Waals surface area (Å²) in [5.74, 6) is 8.31. The lowest BCUT2D eigenvalue weighted by molar-refractivity contribution is 0.384. The second-order valence-corrected chi connectivity index (χ2v) is 8.82. The van der Waals surface area contributed by atoms with Crippen LogP contribution in [0.3, 0.4) is 0 Å². The van der Waals surface area contributed by atoms with Crippen LogP contribution in [0, 0.1) is 17.8 Å². The van der Waals surface area contributed by atoms with E-state index in [0.717, 1.165) is 5.92 Å². The highest BCUT2D eigenvalue weighted by molar-refractivity contribution is 5.37. The van der Waals surface area contributed by atoms with E-state index in [9.17, 15) is 0 Å². The van der Waals surface area contributed by atoms with Crippen LogP contribution in [0.1, 0.15) is 99.8 Å². The Kier molecular flexibility index (Phi) is 8.88. The molecule has 1 fully saturated rings. The first-order valence-electron chi connectivity index (χ1n) is 12.0. The molecule has 1 aliphatic rings. The van der Waals surface area contributed by atoms with Gasteiger partial charge >= 0.3 is 0 Å². The molecule has 0 heterocycles. The topological polar surface area (TPSA) is 0 Å². The van der Waals surface area contributed by atoms with E-state index >= 15 is 0 Å². The predicted octanol–water partition coefficient (Wildman–Crippen LogP) is 8.09. The molecule has 2 aromatic rings. The van der Waals surface area contributed by atoms with Crippen LogP contribution < -0.4 is 0 Å². The molecule has 0 bridgehead atoms. The first kappa shape index (κ1) is 21.7. The van der Waals surface area contributed by atoms with Gasteiger partial charge in [-0.05, 0) is 79.7 Å². The fraction of sp³-hybridized carbons (Fsp3) is 0.517. The molecule has 154 valence electrons. The van der Waals surface area contributed by atoms with Crippen molar-refractivity contribution in [3.05, 3.63) is 70.8 Å². The molecule has 0 aromatic heterocycles. The summed E-state index contributed by atoms with van der Waals surface area (Å²) in [5, 5.41) is 0. The molecule has 1 aliphatic carbocycles. The van der Waals surface area contributed by atoms with Crippen molar-refractivity contribution in [3.8, 4) is 11.8 Å². The average molecular weight is 387 g/mol. The fourth-order valence-electron chi connectivity index (χ4n) is 4.51. The molecular formula is C29H38. The molecule has 0 atom stereocenters. The van der Waals surface area contributed by atoms with Crippen molar-refractivity contribution in [1.82, 2.24) is 0 Å². The Hall–Kier alpha value is -2.00. The summed E-state index contributed by atoms with van der Waals surface area (Å²) in [5.41, 5.74) is 5.64. The normalized spacial score (nSPS) is 18.8. The van der Waals surface area contributed by atoms with E-state index in [0.29, 0.717) is 5.92 Å². The zero-order chi connectivity index (χ0) is 20.3. The molecule has 1 saturated carbocycles. The number of unbranched alkanes of at least 4 members (excludes halogenated alkanes) is 3. The van der Waals surface area contributed by atoms with E-state index in [4.69, 9.17) is 0 Å². The van der Waals surface area contributed by atoms with Crippen molar-refractivity contribution < 1.29 is 0 Å². The van der Waals surface area contributed by atoms with Gasteiger partial charge in [0.15, 0.2) is 0 Å². The van der Waals surface area contributed by atoms with Crippen LogP contribution >= 0.6 is 0 Å². The van der Waals surface area contributed by atoms with E-state index in [-0.39, 0.29) is 0 Å². The summed E-state index contributed by atoms with van der Waals surface area (Å²) < 4.78 is 0. The summed E-state index contributed by atoms with van der Waals surface area (Å²) in [7, 11) is 0. The second-order valence-electron chi connectivity index (χ2n) is 8.82. The third-order valence-corrected chi connectivity index (χ3v) is 6.41. The molecule has 0 aliphatic heterocycles. The van der Waals surface area contributed by atoms with Crippen LogP contribution in [0.15, 0.2) is 48.5 Å². The molecule has 0 radical (unpaired) electrons. The smallest absolute Gasteiger partial charge is 0.0245 e. The summed E-state index contributed by atoms with van der Waals surface area (Å²) in [6.07, 6.45) is 14.0. The highest BCUT2D eigenvalue weighted by atomic mass is 14.2. The van der Waals surface area contributed by atoms with Crippen molar-refractivity contribution in [1.29, 1.82) is 0 Å². The van der Waals surface area contributed by atoms with Gasteiger partial charge in [0.1, 0.15) is 0 Å². The Morgan fingerprint density at radius 1 is 0.690 bits per heavy atom. The van der Waals surface area contributed by atoms with Crippen LogP contribution in [0.25, 0.3) is 0 Å². The van der Waals surface area contributed by atoms with Gasteiger partial charge in [0, 0.05) is 11.5 Å². The average Bonchev–Trinajstić information content (AvgIpc) is 2.77. The van der Waals surface area contributed by atoms with Crippen molar-refractivity contribution in [2.24, 2.45) is 5.92 Å². The monoisotopic (exact) mass is 386 g/mol. The molecule has 0 heteroatoms.